The van der Waals surface area contributed by atoms with E-state index in [4.69, 9.17) is 0 Å². The van der Waals surface area contributed by atoms with Gasteiger partial charge in [0.05, 0.1) is 10.4 Å². The fraction of sp³-hybridized carbons (Fsp3) is 0.500. The number of hydrogen-bond acceptors (Lipinski definition) is 4. The maximum absolute atomic E-state index is 12.9. The number of hydrogen-bond donors (Lipinski definition) is 1. The Morgan fingerprint density at radius 2 is 1.79 bits per heavy atom. The summed E-state index contributed by atoms with van der Waals surface area (Å²) in [5.41, 5.74) is 1.54. The zero-order chi connectivity index (χ0) is 17.4. The minimum atomic E-state index is -3.57. The molecule has 0 aliphatic heterocycles. The van der Waals surface area contributed by atoms with Gasteiger partial charge in [0.15, 0.2) is 0 Å². The molecule has 1 aromatic heterocycles. The van der Waals surface area contributed by atoms with Crippen LogP contribution < -0.4 is 4.72 Å². The predicted octanol–water partition coefficient (Wildman–Crippen LogP) is 4.32. The molecule has 4 nitrogen and oxygen atoms in total. The van der Waals surface area contributed by atoms with Crippen molar-refractivity contribution < 1.29 is 8.42 Å². The second-order valence-electron chi connectivity index (χ2n) is 6.91. The van der Waals surface area contributed by atoms with Gasteiger partial charge in [0.1, 0.15) is 5.01 Å². The van der Waals surface area contributed by atoms with Gasteiger partial charge in [0, 0.05) is 11.1 Å². The number of nitrogens with zero attached hydrogens (tertiary/aromatic N) is 1. The van der Waals surface area contributed by atoms with E-state index < -0.39 is 15.6 Å². The van der Waals surface area contributed by atoms with Crippen molar-refractivity contribution in [2.45, 2.75) is 62.8 Å². The van der Waals surface area contributed by atoms with Crippen LogP contribution in [-0.4, -0.2) is 13.4 Å². The standard InChI is InChI=1S/C18H24N2O2S2/c1-13(2)15-6-8-16(9-7-15)24(21,22)20-18(10-4-5-11-18)17-19-14(3)12-23-17/h6-9,12-13,20H,4-5,10-11H2,1-3H3. The largest absolute Gasteiger partial charge is 0.245 e. The first-order valence-electron chi connectivity index (χ1n) is 8.39. The summed E-state index contributed by atoms with van der Waals surface area (Å²) in [6, 6.07) is 7.20. The van der Waals surface area contributed by atoms with Crippen LogP contribution in [0.5, 0.6) is 0 Å². The zero-order valence-electron chi connectivity index (χ0n) is 14.4. The van der Waals surface area contributed by atoms with Crippen molar-refractivity contribution in [3.05, 3.63) is 45.9 Å². The molecule has 6 heteroatoms. The Balaban J connectivity index is 1.91. The molecule has 0 amide bonds. The topological polar surface area (TPSA) is 59.1 Å². The lowest BCUT2D eigenvalue weighted by atomic mass is 10.0. The van der Waals surface area contributed by atoms with Gasteiger partial charge in [-0.05, 0) is 43.4 Å². The van der Waals surface area contributed by atoms with Crippen LogP contribution in [0.4, 0.5) is 0 Å². The molecule has 1 aliphatic carbocycles. The summed E-state index contributed by atoms with van der Waals surface area (Å²) < 4.78 is 28.8. The highest BCUT2D eigenvalue weighted by atomic mass is 32.2. The average molecular weight is 365 g/mol. The Kier molecular flexibility index (Phi) is 4.82. The lowest BCUT2D eigenvalue weighted by Crippen LogP contribution is -2.43. The molecule has 1 heterocycles. The van der Waals surface area contributed by atoms with Crippen LogP contribution in [0, 0.1) is 6.92 Å². The summed E-state index contributed by atoms with van der Waals surface area (Å²) >= 11 is 1.55. The van der Waals surface area contributed by atoms with Crippen LogP contribution in [0.1, 0.15) is 61.7 Å². The van der Waals surface area contributed by atoms with Crippen molar-refractivity contribution in [2.75, 3.05) is 0 Å². The van der Waals surface area contributed by atoms with Crippen molar-refractivity contribution in [2.24, 2.45) is 0 Å². The van der Waals surface area contributed by atoms with Crippen LogP contribution in [0.25, 0.3) is 0 Å². The quantitative estimate of drug-likeness (QED) is 0.859. The van der Waals surface area contributed by atoms with Crippen molar-refractivity contribution in [3.63, 3.8) is 0 Å². The Labute approximate surface area is 148 Å². The minimum Gasteiger partial charge on any atom is -0.245 e. The third-order valence-corrected chi connectivity index (χ3v) is 7.39. The van der Waals surface area contributed by atoms with Crippen LogP contribution >= 0.6 is 11.3 Å². The van der Waals surface area contributed by atoms with E-state index in [1.54, 1.807) is 23.5 Å². The summed E-state index contributed by atoms with van der Waals surface area (Å²) in [5.74, 6) is 0.384. The first-order valence-corrected chi connectivity index (χ1v) is 10.8. The molecule has 0 spiro atoms. The minimum absolute atomic E-state index is 0.325. The Hall–Kier alpha value is -1.24. The molecule has 1 fully saturated rings. The molecule has 0 radical (unpaired) electrons. The predicted molar refractivity (Wildman–Crippen MR) is 97.8 cm³/mol. The van der Waals surface area contributed by atoms with Crippen LogP contribution in [0.2, 0.25) is 0 Å². The molecule has 3 rings (SSSR count). The van der Waals surface area contributed by atoms with E-state index in [-0.39, 0.29) is 0 Å². The van der Waals surface area contributed by atoms with Gasteiger partial charge in [-0.25, -0.2) is 13.4 Å². The maximum atomic E-state index is 12.9. The molecule has 0 atom stereocenters. The summed E-state index contributed by atoms with van der Waals surface area (Å²) in [6.07, 6.45) is 3.66. The number of sulfonamides is 1. The first-order chi connectivity index (χ1) is 11.3. The van der Waals surface area contributed by atoms with Gasteiger partial charge < -0.3 is 0 Å². The lowest BCUT2D eigenvalue weighted by Gasteiger charge is -2.28. The molecule has 1 aliphatic rings. The van der Waals surface area contributed by atoms with E-state index in [2.05, 4.69) is 23.6 Å². The highest BCUT2D eigenvalue weighted by molar-refractivity contribution is 7.89. The van der Waals surface area contributed by atoms with Gasteiger partial charge >= 0.3 is 0 Å². The van der Waals surface area contributed by atoms with E-state index in [1.165, 1.54) is 0 Å². The number of nitrogens with one attached hydrogen (secondary N) is 1. The van der Waals surface area contributed by atoms with Gasteiger partial charge in [-0.3, -0.25) is 0 Å². The fourth-order valence-electron chi connectivity index (χ4n) is 3.26. The van der Waals surface area contributed by atoms with Gasteiger partial charge in [-0.1, -0.05) is 38.8 Å². The average Bonchev–Trinajstić information content (AvgIpc) is 3.17. The molecule has 1 saturated carbocycles. The van der Waals surface area contributed by atoms with Crippen LogP contribution in [-0.2, 0) is 15.6 Å². The van der Waals surface area contributed by atoms with E-state index in [1.807, 2.05) is 24.4 Å². The molecule has 2 aromatic rings. The Bertz CT molecular complexity index is 802. The lowest BCUT2D eigenvalue weighted by molar-refractivity contribution is 0.402. The number of aryl methyl sites for hydroxylation is 1. The van der Waals surface area contributed by atoms with Crippen molar-refractivity contribution in [1.29, 1.82) is 0 Å². The molecule has 1 N–H and O–H groups in total. The maximum Gasteiger partial charge on any atom is 0.241 e. The smallest absolute Gasteiger partial charge is 0.241 e. The van der Waals surface area contributed by atoms with E-state index in [0.29, 0.717) is 10.8 Å². The summed E-state index contributed by atoms with van der Waals surface area (Å²) in [7, 11) is -3.57. The van der Waals surface area contributed by atoms with Gasteiger partial charge in [0.25, 0.3) is 0 Å². The van der Waals surface area contributed by atoms with Gasteiger partial charge in [0.2, 0.25) is 10.0 Å². The second-order valence-corrected chi connectivity index (χ2v) is 9.45. The number of rotatable bonds is 5. The Morgan fingerprint density at radius 1 is 1.17 bits per heavy atom. The molecule has 0 bridgehead atoms. The normalized spacial score (nSPS) is 17.5. The third kappa shape index (κ3) is 3.41. The number of aromatic nitrogens is 1. The second kappa shape index (κ2) is 6.58. The highest BCUT2D eigenvalue weighted by Crippen LogP contribution is 2.41. The van der Waals surface area contributed by atoms with Gasteiger partial charge in [-0.15, -0.1) is 11.3 Å². The SMILES string of the molecule is Cc1csc(C2(NS(=O)(=O)c3ccc(C(C)C)cc3)CCCC2)n1. The summed E-state index contributed by atoms with van der Waals surface area (Å²) in [6.45, 7) is 6.14. The molecule has 0 unspecified atom stereocenters. The molecule has 0 saturated heterocycles. The number of thiazole rings is 1. The van der Waals surface area contributed by atoms with Gasteiger partial charge in [-0.2, -0.15) is 4.72 Å². The monoisotopic (exact) mass is 364 g/mol. The van der Waals surface area contributed by atoms with Crippen molar-refractivity contribution in [1.82, 2.24) is 9.71 Å². The summed E-state index contributed by atoms with van der Waals surface area (Å²) in [5, 5.41) is 2.88. The molecular formula is C18H24N2O2S2. The summed E-state index contributed by atoms with van der Waals surface area (Å²) in [4.78, 5) is 4.90. The zero-order valence-corrected chi connectivity index (χ0v) is 16.0. The van der Waals surface area contributed by atoms with Crippen molar-refractivity contribution in [3.8, 4) is 0 Å². The highest BCUT2D eigenvalue weighted by Gasteiger charge is 2.41. The van der Waals surface area contributed by atoms with E-state index in [0.717, 1.165) is 41.9 Å². The van der Waals surface area contributed by atoms with E-state index >= 15 is 0 Å². The van der Waals surface area contributed by atoms with Crippen molar-refractivity contribution >= 4 is 21.4 Å². The van der Waals surface area contributed by atoms with Crippen LogP contribution in [0.15, 0.2) is 34.5 Å². The molecule has 24 heavy (non-hydrogen) atoms. The molecule has 1 aromatic carbocycles. The third-order valence-electron chi connectivity index (χ3n) is 4.67. The number of benzene rings is 1. The first kappa shape index (κ1) is 17.6. The Morgan fingerprint density at radius 3 is 2.29 bits per heavy atom. The van der Waals surface area contributed by atoms with Crippen LogP contribution in [0.3, 0.4) is 0 Å². The van der Waals surface area contributed by atoms with E-state index in [9.17, 15) is 8.42 Å². The molecular weight excluding hydrogens is 340 g/mol. The fourth-order valence-corrected chi connectivity index (χ4v) is 5.76. The molecule has 130 valence electrons.